The molecule has 4 heteroatoms. The number of halogens is 1. The molecule has 0 bridgehead atoms. The van der Waals surface area contributed by atoms with Gasteiger partial charge >= 0.3 is 5.69 Å². The molecule has 0 saturated carbocycles. The maximum Gasteiger partial charge on any atom is 0.326 e. The summed E-state index contributed by atoms with van der Waals surface area (Å²) in [7, 11) is 0. The molecule has 1 aromatic heterocycles. The molecular weight excluding hydrogens is 304 g/mol. The summed E-state index contributed by atoms with van der Waals surface area (Å²) in [6.45, 7) is 2.59. The molecule has 2 aromatic carbocycles. The van der Waals surface area contributed by atoms with Gasteiger partial charge in [-0.3, -0.25) is 4.57 Å². The van der Waals surface area contributed by atoms with Crippen LogP contribution in [-0.4, -0.2) is 9.55 Å². The van der Waals surface area contributed by atoms with Crippen molar-refractivity contribution in [3.8, 4) is 0 Å². The van der Waals surface area contributed by atoms with Crippen molar-refractivity contribution in [2.75, 3.05) is 0 Å². The van der Waals surface area contributed by atoms with E-state index in [1.807, 2.05) is 49.4 Å². The van der Waals surface area contributed by atoms with Crippen molar-refractivity contribution in [2.24, 2.45) is 0 Å². The fourth-order valence-corrected chi connectivity index (χ4v) is 2.70. The van der Waals surface area contributed by atoms with E-state index in [9.17, 15) is 4.79 Å². The molecule has 0 amide bonds. The molecule has 3 nitrogen and oxygen atoms in total. The van der Waals surface area contributed by atoms with E-state index in [0.717, 1.165) is 26.6 Å². The minimum Gasteiger partial charge on any atom is -0.306 e. The number of nitrogens with zero attached hydrogens (tertiary/aromatic N) is 1. The fraction of sp³-hybridized carbons (Fsp3) is 0.133. The van der Waals surface area contributed by atoms with Crippen molar-refractivity contribution >= 4 is 27.0 Å². The Balaban J connectivity index is 2.10. The third-order valence-corrected chi connectivity index (χ3v) is 3.65. The summed E-state index contributed by atoms with van der Waals surface area (Å²) in [5.41, 5.74) is 4.00. The number of aryl methyl sites for hydroxylation is 1. The molecule has 3 aromatic rings. The third kappa shape index (κ3) is 2.36. The maximum atomic E-state index is 12.0. The van der Waals surface area contributed by atoms with Crippen LogP contribution in [0, 0.1) is 6.92 Å². The van der Waals surface area contributed by atoms with E-state index in [2.05, 4.69) is 20.9 Å². The number of imidazole rings is 1. The molecule has 96 valence electrons. The zero-order valence-corrected chi connectivity index (χ0v) is 12.1. The lowest BCUT2D eigenvalue weighted by atomic mass is 10.2. The average molecular weight is 317 g/mol. The Hall–Kier alpha value is -1.81. The van der Waals surface area contributed by atoms with Crippen LogP contribution < -0.4 is 5.69 Å². The quantitative estimate of drug-likeness (QED) is 0.772. The Morgan fingerprint density at radius 3 is 2.84 bits per heavy atom. The number of rotatable bonds is 2. The lowest BCUT2D eigenvalue weighted by Gasteiger charge is -2.04. The van der Waals surface area contributed by atoms with Gasteiger partial charge in [0.1, 0.15) is 0 Å². The number of aromatic nitrogens is 2. The molecule has 0 radical (unpaired) electrons. The SMILES string of the molecule is Cc1ccc2c(c1)[nH]c(=O)n2Cc1cccc(Br)c1. The molecule has 0 saturated heterocycles. The van der Waals surface area contributed by atoms with Gasteiger partial charge in [-0.1, -0.05) is 34.1 Å². The molecule has 0 fully saturated rings. The van der Waals surface area contributed by atoms with E-state index >= 15 is 0 Å². The summed E-state index contributed by atoms with van der Waals surface area (Å²) in [4.78, 5) is 14.9. The van der Waals surface area contributed by atoms with E-state index < -0.39 is 0 Å². The van der Waals surface area contributed by atoms with Crippen molar-refractivity contribution in [3.63, 3.8) is 0 Å². The van der Waals surface area contributed by atoms with Crippen molar-refractivity contribution in [1.82, 2.24) is 9.55 Å². The normalized spacial score (nSPS) is 11.1. The van der Waals surface area contributed by atoms with E-state index in [0.29, 0.717) is 6.54 Å². The zero-order valence-electron chi connectivity index (χ0n) is 10.5. The predicted molar refractivity (Wildman–Crippen MR) is 80.5 cm³/mol. The Morgan fingerprint density at radius 2 is 2.05 bits per heavy atom. The lowest BCUT2D eigenvalue weighted by molar-refractivity contribution is 0.786. The van der Waals surface area contributed by atoms with Crippen molar-refractivity contribution in [2.45, 2.75) is 13.5 Å². The Morgan fingerprint density at radius 1 is 1.21 bits per heavy atom. The summed E-state index contributed by atoms with van der Waals surface area (Å²) in [6.07, 6.45) is 0. The van der Waals surface area contributed by atoms with E-state index in [1.165, 1.54) is 0 Å². The van der Waals surface area contributed by atoms with Crippen molar-refractivity contribution in [1.29, 1.82) is 0 Å². The van der Waals surface area contributed by atoms with Gasteiger partial charge < -0.3 is 4.98 Å². The first kappa shape index (κ1) is 12.2. The third-order valence-electron chi connectivity index (χ3n) is 3.16. The van der Waals surface area contributed by atoms with Crippen LogP contribution in [0.2, 0.25) is 0 Å². The number of H-pyrrole nitrogens is 1. The second-order valence-electron chi connectivity index (χ2n) is 4.67. The number of aromatic amines is 1. The number of hydrogen-bond donors (Lipinski definition) is 1. The van der Waals surface area contributed by atoms with Gasteiger partial charge in [-0.05, 0) is 42.3 Å². The van der Waals surface area contributed by atoms with Gasteiger partial charge in [0.05, 0.1) is 17.6 Å². The fourth-order valence-electron chi connectivity index (χ4n) is 2.25. The molecule has 1 N–H and O–H groups in total. The first-order valence-electron chi connectivity index (χ1n) is 6.07. The van der Waals surface area contributed by atoms with E-state index in [1.54, 1.807) is 4.57 Å². The minimum atomic E-state index is -0.0689. The van der Waals surface area contributed by atoms with Crippen LogP contribution in [0.4, 0.5) is 0 Å². The highest BCUT2D eigenvalue weighted by Gasteiger charge is 2.07. The highest BCUT2D eigenvalue weighted by molar-refractivity contribution is 9.10. The molecule has 1 heterocycles. The Labute approximate surface area is 119 Å². The first-order valence-corrected chi connectivity index (χ1v) is 6.86. The van der Waals surface area contributed by atoms with Crippen LogP contribution >= 0.6 is 15.9 Å². The second-order valence-corrected chi connectivity index (χ2v) is 5.58. The van der Waals surface area contributed by atoms with Crippen LogP contribution in [0.5, 0.6) is 0 Å². The highest BCUT2D eigenvalue weighted by Crippen LogP contribution is 2.16. The van der Waals surface area contributed by atoms with Crippen LogP contribution in [0.1, 0.15) is 11.1 Å². The smallest absolute Gasteiger partial charge is 0.306 e. The standard InChI is InChI=1S/C15H13BrN2O/c1-10-5-6-14-13(7-10)17-15(19)18(14)9-11-3-2-4-12(16)8-11/h2-8H,9H2,1H3,(H,17,19). The maximum absolute atomic E-state index is 12.0. The van der Waals surface area contributed by atoms with E-state index in [-0.39, 0.29) is 5.69 Å². The summed E-state index contributed by atoms with van der Waals surface area (Å²) in [5.74, 6) is 0. The predicted octanol–water partition coefficient (Wildman–Crippen LogP) is 3.45. The molecule has 0 aliphatic carbocycles. The number of benzene rings is 2. The Kier molecular flexibility index (Phi) is 3.03. The van der Waals surface area contributed by atoms with Gasteiger partial charge in [0.15, 0.2) is 0 Å². The minimum absolute atomic E-state index is 0.0689. The lowest BCUT2D eigenvalue weighted by Crippen LogP contribution is -2.17. The molecule has 0 spiro atoms. The number of fused-ring (bicyclic) bond motifs is 1. The van der Waals surface area contributed by atoms with Crippen LogP contribution in [-0.2, 0) is 6.54 Å². The second kappa shape index (κ2) is 4.70. The summed E-state index contributed by atoms with van der Waals surface area (Å²) < 4.78 is 2.78. The van der Waals surface area contributed by atoms with Crippen molar-refractivity contribution in [3.05, 3.63) is 68.5 Å². The monoisotopic (exact) mass is 316 g/mol. The Bertz CT molecular complexity index is 801. The zero-order chi connectivity index (χ0) is 13.4. The van der Waals surface area contributed by atoms with Gasteiger partial charge in [0.2, 0.25) is 0 Å². The van der Waals surface area contributed by atoms with Gasteiger partial charge in [-0.2, -0.15) is 0 Å². The van der Waals surface area contributed by atoms with Crippen molar-refractivity contribution < 1.29 is 0 Å². The summed E-state index contributed by atoms with van der Waals surface area (Å²) in [5, 5.41) is 0. The molecular formula is C15H13BrN2O. The number of hydrogen-bond acceptors (Lipinski definition) is 1. The van der Waals surface area contributed by atoms with Gasteiger partial charge in [0, 0.05) is 4.47 Å². The molecule has 19 heavy (non-hydrogen) atoms. The van der Waals surface area contributed by atoms with Gasteiger partial charge in [-0.25, -0.2) is 4.79 Å². The van der Waals surface area contributed by atoms with Gasteiger partial charge in [-0.15, -0.1) is 0 Å². The molecule has 0 unspecified atom stereocenters. The molecule has 0 atom stereocenters. The largest absolute Gasteiger partial charge is 0.326 e. The highest BCUT2D eigenvalue weighted by atomic mass is 79.9. The average Bonchev–Trinajstić information content (AvgIpc) is 2.65. The first-order chi connectivity index (χ1) is 9.13. The van der Waals surface area contributed by atoms with Crippen LogP contribution in [0.3, 0.4) is 0 Å². The van der Waals surface area contributed by atoms with Crippen LogP contribution in [0.25, 0.3) is 11.0 Å². The molecule has 0 aliphatic heterocycles. The molecule has 3 rings (SSSR count). The van der Waals surface area contributed by atoms with Crippen LogP contribution in [0.15, 0.2) is 51.7 Å². The topological polar surface area (TPSA) is 37.8 Å². The van der Waals surface area contributed by atoms with E-state index in [4.69, 9.17) is 0 Å². The summed E-state index contributed by atoms with van der Waals surface area (Å²) in [6, 6.07) is 14.0. The van der Waals surface area contributed by atoms with Gasteiger partial charge in [0.25, 0.3) is 0 Å². The summed E-state index contributed by atoms with van der Waals surface area (Å²) >= 11 is 3.45. The molecule has 0 aliphatic rings. The number of nitrogens with one attached hydrogen (secondary N) is 1.